The Labute approximate surface area is 152 Å². The largest absolute Gasteiger partial charge is 0.442 e. The van der Waals surface area contributed by atoms with Crippen LogP contribution in [0.1, 0.15) is 38.3 Å². The number of hydrogen-bond donors (Lipinski definition) is 3. The van der Waals surface area contributed by atoms with E-state index in [2.05, 4.69) is 17.6 Å². The lowest BCUT2D eigenvalue weighted by atomic mass is 9.95. The summed E-state index contributed by atoms with van der Waals surface area (Å²) in [6.07, 6.45) is 0.421. The second-order valence-electron chi connectivity index (χ2n) is 7.10. The molecular weight excluding hydrogens is 339 g/mol. The molecule has 2 fully saturated rings. The molecule has 2 aliphatic heterocycles. The number of anilines is 1. The molecule has 2 amide bonds. The van der Waals surface area contributed by atoms with E-state index in [0.29, 0.717) is 23.7 Å². The molecule has 142 valence electrons. The van der Waals surface area contributed by atoms with Gasteiger partial charge in [0.15, 0.2) is 0 Å². The summed E-state index contributed by atoms with van der Waals surface area (Å²) in [5, 5.41) is 5.29. The van der Waals surface area contributed by atoms with Crippen molar-refractivity contribution in [3.63, 3.8) is 0 Å². The van der Waals surface area contributed by atoms with Gasteiger partial charge in [-0.3, -0.25) is 4.79 Å². The lowest BCUT2D eigenvalue weighted by Gasteiger charge is -2.38. The lowest BCUT2D eigenvalue weighted by Crippen LogP contribution is -2.48. The summed E-state index contributed by atoms with van der Waals surface area (Å²) in [5.74, 6) is -0.0718. The maximum Gasteiger partial charge on any atom is 0.408 e. The third-order valence-electron chi connectivity index (χ3n) is 5.00. The maximum absolute atomic E-state index is 14.8. The highest BCUT2D eigenvalue weighted by Gasteiger charge is 2.36. The van der Waals surface area contributed by atoms with E-state index in [1.165, 1.54) is 13.0 Å². The Hall–Kier alpha value is -2.35. The molecule has 4 N–H and O–H groups in total. The van der Waals surface area contributed by atoms with Crippen LogP contribution in [0.5, 0.6) is 0 Å². The van der Waals surface area contributed by atoms with Gasteiger partial charge in [0.25, 0.3) is 0 Å². The zero-order chi connectivity index (χ0) is 18.8. The molecule has 1 aromatic carbocycles. The van der Waals surface area contributed by atoms with Crippen molar-refractivity contribution in [3.05, 3.63) is 29.6 Å². The van der Waals surface area contributed by atoms with Crippen LogP contribution in [0.2, 0.25) is 0 Å². The van der Waals surface area contributed by atoms with Crippen LogP contribution in [0.4, 0.5) is 14.9 Å². The summed E-state index contributed by atoms with van der Waals surface area (Å²) in [5.41, 5.74) is 7.24. The van der Waals surface area contributed by atoms with Crippen LogP contribution < -0.4 is 21.3 Å². The van der Waals surface area contributed by atoms with E-state index in [1.807, 2.05) is 4.90 Å². The molecule has 26 heavy (non-hydrogen) atoms. The molecule has 3 rings (SSSR count). The summed E-state index contributed by atoms with van der Waals surface area (Å²) in [4.78, 5) is 24.6. The number of nitrogens with one attached hydrogen (secondary N) is 2. The highest BCUT2D eigenvalue weighted by atomic mass is 19.1. The molecule has 7 nitrogen and oxygen atoms in total. The van der Waals surface area contributed by atoms with Crippen molar-refractivity contribution in [2.45, 2.75) is 45.0 Å². The minimum Gasteiger partial charge on any atom is -0.442 e. The average Bonchev–Trinajstić information content (AvgIpc) is 2.94. The molecular formula is C18H25FN4O3. The number of carbonyl (C=O) groups excluding carboxylic acids is 2. The van der Waals surface area contributed by atoms with Crippen LogP contribution in [0.25, 0.3) is 0 Å². The molecule has 4 atom stereocenters. The second-order valence-corrected chi connectivity index (χ2v) is 7.10. The molecule has 0 aromatic heterocycles. The van der Waals surface area contributed by atoms with Gasteiger partial charge in [0.1, 0.15) is 11.9 Å². The average molecular weight is 364 g/mol. The zero-order valence-electron chi connectivity index (χ0n) is 15.0. The number of benzene rings is 1. The van der Waals surface area contributed by atoms with Crippen LogP contribution in [0, 0.1) is 11.7 Å². The minimum atomic E-state index is -0.588. The number of halogens is 1. The minimum absolute atomic E-state index is 0.164. The van der Waals surface area contributed by atoms with E-state index in [4.69, 9.17) is 10.5 Å². The molecule has 0 spiro atoms. The van der Waals surface area contributed by atoms with Gasteiger partial charge in [0.05, 0.1) is 24.4 Å². The number of amides is 2. The van der Waals surface area contributed by atoms with E-state index >= 15 is 0 Å². The number of rotatable bonds is 4. The topological polar surface area (TPSA) is 96.7 Å². The number of ether oxygens (including phenoxy) is 1. The Balaban J connectivity index is 1.78. The third kappa shape index (κ3) is 3.90. The Kier molecular flexibility index (Phi) is 5.31. The first kappa shape index (κ1) is 18.4. The first-order chi connectivity index (χ1) is 12.3. The van der Waals surface area contributed by atoms with Crippen molar-refractivity contribution in [2.24, 2.45) is 11.7 Å². The SMILES string of the molecule is CC(=O)NCC1OC(=O)NC1c1ccc(N2CCC(C)CC2N)c(F)c1. The van der Waals surface area contributed by atoms with Gasteiger partial charge in [-0.1, -0.05) is 13.0 Å². The monoisotopic (exact) mass is 364 g/mol. The standard InChI is InChI=1S/C18H25FN4O3/c1-10-5-6-23(16(20)7-10)14-4-3-12(8-13(14)19)17-15(9-21-11(2)24)26-18(25)22-17/h3-4,8,10,15-17H,5-7,9,20H2,1-2H3,(H,21,24)(H,22,25). The van der Waals surface area contributed by atoms with Gasteiger partial charge in [-0.25, -0.2) is 9.18 Å². The van der Waals surface area contributed by atoms with Gasteiger partial charge >= 0.3 is 6.09 Å². The van der Waals surface area contributed by atoms with Gasteiger partial charge < -0.3 is 26.0 Å². The van der Waals surface area contributed by atoms with Crippen molar-refractivity contribution in [3.8, 4) is 0 Å². The summed E-state index contributed by atoms with van der Waals surface area (Å²) in [7, 11) is 0. The number of alkyl carbamates (subject to hydrolysis) is 1. The van der Waals surface area contributed by atoms with Crippen molar-refractivity contribution in [2.75, 3.05) is 18.0 Å². The highest BCUT2D eigenvalue weighted by molar-refractivity contribution is 5.73. The first-order valence-corrected chi connectivity index (χ1v) is 8.88. The van der Waals surface area contributed by atoms with Crippen LogP contribution in [0.3, 0.4) is 0 Å². The summed E-state index contributed by atoms with van der Waals surface area (Å²) in [6.45, 7) is 4.41. The third-order valence-corrected chi connectivity index (χ3v) is 5.00. The number of cyclic esters (lactones) is 1. The normalized spacial score (nSPS) is 28.5. The first-order valence-electron chi connectivity index (χ1n) is 8.88. The summed E-state index contributed by atoms with van der Waals surface area (Å²) >= 11 is 0. The molecule has 0 aliphatic carbocycles. The molecule has 0 saturated carbocycles. The van der Waals surface area contributed by atoms with Crippen molar-refractivity contribution < 1.29 is 18.7 Å². The summed E-state index contributed by atoms with van der Waals surface area (Å²) in [6, 6.07) is 4.35. The van der Waals surface area contributed by atoms with Crippen molar-refractivity contribution >= 4 is 17.7 Å². The Morgan fingerprint density at radius 2 is 2.27 bits per heavy atom. The molecule has 0 radical (unpaired) electrons. The molecule has 8 heteroatoms. The van der Waals surface area contributed by atoms with Gasteiger partial charge in [0, 0.05) is 13.5 Å². The van der Waals surface area contributed by atoms with E-state index < -0.39 is 18.2 Å². The van der Waals surface area contributed by atoms with Crippen molar-refractivity contribution in [1.82, 2.24) is 10.6 Å². The molecule has 2 heterocycles. The fraction of sp³-hybridized carbons (Fsp3) is 0.556. The van der Waals surface area contributed by atoms with Gasteiger partial charge in [-0.15, -0.1) is 0 Å². The van der Waals surface area contributed by atoms with E-state index in [0.717, 1.165) is 12.8 Å². The van der Waals surface area contributed by atoms with Gasteiger partial charge in [-0.05, 0) is 36.5 Å². The number of nitrogens with two attached hydrogens (primary N) is 1. The number of hydrogen-bond acceptors (Lipinski definition) is 5. The number of carbonyl (C=O) groups is 2. The Morgan fingerprint density at radius 1 is 1.50 bits per heavy atom. The number of piperidine rings is 1. The second kappa shape index (κ2) is 7.49. The predicted octanol–water partition coefficient (Wildman–Crippen LogP) is 1.63. The van der Waals surface area contributed by atoms with Gasteiger partial charge in [-0.2, -0.15) is 0 Å². The zero-order valence-corrected chi connectivity index (χ0v) is 15.0. The van der Waals surface area contributed by atoms with Crippen LogP contribution in [-0.2, 0) is 9.53 Å². The molecule has 0 bridgehead atoms. The van der Waals surface area contributed by atoms with E-state index in [1.54, 1.807) is 12.1 Å². The van der Waals surface area contributed by atoms with Crippen LogP contribution in [0.15, 0.2) is 18.2 Å². The van der Waals surface area contributed by atoms with Crippen molar-refractivity contribution in [1.29, 1.82) is 0 Å². The smallest absolute Gasteiger partial charge is 0.408 e. The molecule has 4 unspecified atom stereocenters. The van der Waals surface area contributed by atoms with E-state index in [9.17, 15) is 14.0 Å². The molecule has 2 aliphatic rings. The Bertz CT molecular complexity index is 699. The fourth-order valence-electron chi connectivity index (χ4n) is 3.59. The van der Waals surface area contributed by atoms with E-state index in [-0.39, 0.29) is 24.4 Å². The summed E-state index contributed by atoms with van der Waals surface area (Å²) < 4.78 is 20.0. The van der Waals surface area contributed by atoms with Crippen LogP contribution in [-0.4, -0.2) is 37.4 Å². The predicted molar refractivity (Wildman–Crippen MR) is 94.9 cm³/mol. The molecule has 1 aromatic rings. The lowest BCUT2D eigenvalue weighted by molar-refractivity contribution is -0.119. The number of nitrogens with zero attached hydrogens (tertiary/aromatic N) is 1. The van der Waals surface area contributed by atoms with Crippen LogP contribution >= 0.6 is 0 Å². The fourth-order valence-corrected chi connectivity index (χ4v) is 3.59. The molecule has 2 saturated heterocycles. The maximum atomic E-state index is 14.8. The Morgan fingerprint density at radius 3 is 2.92 bits per heavy atom. The highest BCUT2D eigenvalue weighted by Crippen LogP contribution is 2.31. The van der Waals surface area contributed by atoms with Gasteiger partial charge in [0.2, 0.25) is 5.91 Å². The quantitative estimate of drug-likeness (QED) is 0.755.